The Balaban J connectivity index is 2.00. The van der Waals surface area contributed by atoms with Gasteiger partial charge in [-0.25, -0.2) is 4.79 Å². The molecule has 0 saturated carbocycles. The van der Waals surface area contributed by atoms with Gasteiger partial charge in [0.25, 0.3) is 0 Å². The van der Waals surface area contributed by atoms with Crippen molar-refractivity contribution < 1.29 is 9.21 Å². The van der Waals surface area contributed by atoms with Gasteiger partial charge in [0.2, 0.25) is 0 Å². The van der Waals surface area contributed by atoms with Crippen molar-refractivity contribution in [1.82, 2.24) is 10.2 Å². The SMILES string of the molecule is CC(C)CNC(=O)N(Cc1ccco1)Cc1cccs1. The van der Waals surface area contributed by atoms with Crippen molar-refractivity contribution in [2.24, 2.45) is 5.92 Å². The molecule has 20 heavy (non-hydrogen) atoms. The van der Waals surface area contributed by atoms with Gasteiger partial charge in [0.1, 0.15) is 5.76 Å². The van der Waals surface area contributed by atoms with E-state index in [0.29, 0.717) is 25.6 Å². The molecule has 2 aromatic heterocycles. The first kappa shape index (κ1) is 14.7. The van der Waals surface area contributed by atoms with Crippen molar-refractivity contribution in [2.45, 2.75) is 26.9 Å². The Labute approximate surface area is 123 Å². The van der Waals surface area contributed by atoms with E-state index in [1.807, 2.05) is 29.6 Å². The Morgan fingerprint density at radius 2 is 2.20 bits per heavy atom. The maximum Gasteiger partial charge on any atom is 0.318 e. The van der Waals surface area contributed by atoms with Gasteiger partial charge < -0.3 is 14.6 Å². The van der Waals surface area contributed by atoms with E-state index in [9.17, 15) is 4.79 Å². The van der Waals surface area contributed by atoms with Gasteiger partial charge in [-0.2, -0.15) is 0 Å². The van der Waals surface area contributed by atoms with Gasteiger partial charge in [-0.05, 0) is 29.5 Å². The summed E-state index contributed by atoms with van der Waals surface area (Å²) in [5.41, 5.74) is 0. The van der Waals surface area contributed by atoms with E-state index in [0.717, 1.165) is 10.6 Å². The molecule has 5 heteroatoms. The predicted octanol–water partition coefficient (Wildman–Crippen LogP) is 3.71. The van der Waals surface area contributed by atoms with Gasteiger partial charge in [0.05, 0.1) is 19.4 Å². The van der Waals surface area contributed by atoms with Crippen LogP contribution < -0.4 is 5.32 Å². The Bertz CT molecular complexity index is 470. The molecule has 0 radical (unpaired) electrons. The number of nitrogens with one attached hydrogen (secondary N) is 1. The smallest absolute Gasteiger partial charge is 0.318 e. The molecule has 0 aliphatic carbocycles. The van der Waals surface area contributed by atoms with Crippen molar-refractivity contribution in [2.75, 3.05) is 6.54 Å². The van der Waals surface area contributed by atoms with Crippen LogP contribution in [-0.4, -0.2) is 17.5 Å². The highest BCUT2D eigenvalue weighted by molar-refractivity contribution is 7.09. The Morgan fingerprint density at radius 1 is 1.35 bits per heavy atom. The quantitative estimate of drug-likeness (QED) is 0.882. The van der Waals surface area contributed by atoms with E-state index in [2.05, 4.69) is 19.2 Å². The lowest BCUT2D eigenvalue weighted by Crippen LogP contribution is -2.40. The summed E-state index contributed by atoms with van der Waals surface area (Å²) in [7, 11) is 0. The molecular formula is C15H20N2O2S. The third-order valence-corrected chi connectivity index (χ3v) is 3.66. The first-order valence-electron chi connectivity index (χ1n) is 6.72. The summed E-state index contributed by atoms with van der Waals surface area (Å²) in [6.45, 7) is 5.92. The molecule has 2 aromatic rings. The van der Waals surface area contributed by atoms with Crippen LogP contribution in [0, 0.1) is 5.92 Å². The number of carbonyl (C=O) groups is 1. The van der Waals surface area contributed by atoms with Crippen LogP contribution in [0.2, 0.25) is 0 Å². The van der Waals surface area contributed by atoms with Gasteiger partial charge in [-0.1, -0.05) is 19.9 Å². The summed E-state index contributed by atoms with van der Waals surface area (Å²) >= 11 is 1.65. The first-order valence-corrected chi connectivity index (χ1v) is 7.60. The maximum atomic E-state index is 12.3. The lowest BCUT2D eigenvalue weighted by atomic mass is 10.2. The normalized spacial score (nSPS) is 10.8. The fourth-order valence-corrected chi connectivity index (χ4v) is 2.50. The van der Waals surface area contributed by atoms with Crippen LogP contribution in [0.1, 0.15) is 24.5 Å². The van der Waals surface area contributed by atoms with Crippen molar-refractivity contribution in [1.29, 1.82) is 0 Å². The summed E-state index contributed by atoms with van der Waals surface area (Å²) in [6.07, 6.45) is 1.63. The van der Waals surface area contributed by atoms with Gasteiger partial charge in [-0.15, -0.1) is 11.3 Å². The number of amides is 2. The summed E-state index contributed by atoms with van der Waals surface area (Å²) in [4.78, 5) is 15.2. The number of furan rings is 1. The molecule has 2 amide bonds. The van der Waals surface area contributed by atoms with Crippen LogP contribution in [0.4, 0.5) is 4.79 Å². The van der Waals surface area contributed by atoms with Gasteiger partial charge in [0.15, 0.2) is 0 Å². The summed E-state index contributed by atoms with van der Waals surface area (Å²) in [5.74, 6) is 1.23. The van der Waals surface area contributed by atoms with E-state index in [4.69, 9.17) is 4.42 Å². The number of thiophene rings is 1. The van der Waals surface area contributed by atoms with Crippen molar-refractivity contribution in [3.8, 4) is 0 Å². The molecule has 0 aliphatic rings. The van der Waals surface area contributed by atoms with Gasteiger partial charge in [-0.3, -0.25) is 0 Å². The van der Waals surface area contributed by atoms with E-state index < -0.39 is 0 Å². The van der Waals surface area contributed by atoms with E-state index in [-0.39, 0.29) is 6.03 Å². The predicted molar refractivity (Wildman–Crippen MR) is 80.5 cm³/mol. The average Bonchev–Trinajstić information content (AvgIpc) is 3.08. The largest absolute Gasteiger partial charge is 0.467 e. The second-order valence-electron chi connectivity index (χ2n) is 5.09. The number of rotatable bonds is 6. The highest BCUT2D eigenvalue weighted by Gasteiger charge is 2.16. The van der Waals surface area contributed by atoms with Crippen LogP contribution in [0.25, 0.3) is 0 Å². The van der Waals surface area contributed by atoms with Gasteiger partial charge in [0, 0.05) is 11.4 Å². The fourth-order valence-electron chi connectivity index (χ4n) is 1.78. The Hall–Kier alpha value is -1.75. The second kappa shape index (κ2) is 7.14. The lowest BCUT2D eigenvalue weighted by molar-refractivity contribution is 0.186. The molecule has 0 bridgehead atoms. The number of urea groups is 1. The minimum Gasteiger partial charge on any atom is -0.467 e. The molecule has 2 heterocycles. The third kappa shape index (κ3) is 4.42. The molecular weight excluding hydrogens is 272 g/mol. The summed E-state index contributed by atoms with van der Waals surface area (Å²) < 4.78 is 5.34. The number of hydrogen-bond donors (Lipinski definition) is 1. The highest BCUT2D eigenvalue weighted by atomic mass is 32.1. The second-order valence-corrected chi connectivity index (χ2v) is 6.13. The molecule has 0 saturated heterocycles. The molecule has 1 N–H and O–H groups in total. The van der Waals surface area contributed by atoms with Crippen LogP contribution in [0.5, 0.6) is 0 Å². The Morgan fingerprint density at radius 3 is 2.80 bits per heavy atom. The number of nitrogens with zero attached hydrogens (tertiary/aromatic N) is 1. The molecule has 0 aliphatic heterocycles. The van der Waals surface area contributed by atoms with Crippen LogP contribution >= 0.6 is 11.3 Å². The van der Waals surface area contributed by atoms with Crippen molar-refractivity contribution in [3.05, 3.63) is 46.5 Å². The zero-order valence-corrected chi connectivity index (χ0v) is 12.7. The van der Waals surface area contributed by atoms with Crippen LogP contribution in [0.15, 0.2) is 40.3 Å². The molecule has 0 aromatic carbocycles. The van der Waals surface area contributed by atoms with E-state index in [1.165, 1.54) is 0 Å². The topological polar surface area (TPSA) is 45.5 Å². The fraction of sp³-hybridized carbons (Fsp3) is 0.400. The highest BCUT2D eigenvalue weighted by Crippen LogP contribution is 2.15. The van der Waals surface area contributed by atoms with Gasteiger partial charge >= 0.3 is 6.03 Å². The minimum atomic E-state index is -0.0523. The first-order chi connectivity index (χ1) is 9.65. The molecule has 0 unspecified atom stereocenters. The molecule has 108 valence electrons. The average molecular weight is 292 g/mol. The zero-order chi connectivity index (χ0) is 14.4. The molecule has 2 rings (SSSR count). The molecule has 4 nitrogen and oxygen atoms in total. The van der Waals surface area contributed by atoms with E-state index >= 15 is 0 Å². The molecule has 0 atom stereocenters. The maximum absolute atomic E-state index is 12.3. The van der Waals surface area contributed by atoms with Crippen LogP contribution in [-0.2, 0) is 13.1 Å². The van der Waals surface area contributed by atoms with Crippen LogP contribution in [0.3, 0.4) is 0 Å². The van der Waals surface area contributed by atoms with E-state index in [1.54, 1.807) is 22.5 Å². The minimum absolute atomic E-state index is 0.0523. The summed E-state index contributed by atoms with van der Waals surface area (Å²) in [5, 5.41) is 4.98. The van der Waals surface area contributed by atoms with Crippen molar-refractivity contribution in [3.63, 3.8) is 0 Å². The number of hydrogen-bond acceptors (Lipinski definition) is 3. The monoisotopic (exact) mass is 292 g/mol. The summed E-state index contributed by atoms with van der Waals surface area (Å²) in [6, 6.07) is 7.71. The number of carbonyl (C=O) groups excluding carboxylic acids is 1. The Kier molecular flexibility index (Phi) is 5.24. The zero-order valence-electron chi connectivity index (χ0n) is 11.8. The molecule has 0 fully saturated rings. The third-order valence-electron chi connectivity index (χ3n) is 2.80. The lowest BCUT2D eigenvalue weighted by Gasteiger charge is -2.22. The molecule has 0 spiro atoms. The standard InChI is InChI=1S/C15H20N2O2S/c1-12(2)9-16-15(18)17(10-13-5-3-7-19-13)11-14-6-4-8-20-14/h3-8,12H,9-11H2,1-2H3,(H,16,18). The van der Waals surface area contributed by atoms with Crippen molar-refractivity contribution >= 4 is 17.4 Å².